The van der Waals surface area contributed by atoms with Crippen LogP contribution in [-0.2, 0) is 22.3 Å². The molecule has 0 N–H and O–H groups in total. The van der Waals surface area contributed by atoms with Crippen molar-refractivity contribution in [3.05, 3.63) is 69.2 Å². The van der Waals surface area contributed by atoms with Crippen molar-refractivity contribution in [3.63, 3.8) is 0 Å². The molecule has 2 fully saturated rings. The number of thioether (sulfide) groups is 1. The lowest BCUT2D eigenvalue weighted by molar-refractivity contribution is -0.138. The van der Waals surface area contributed by atoms with E-state index in [4.69, 9.17) is 16.3 Å². The maximum absolute atomic E-state index is 13.5. The number of benzene rings is 2. The van der Waals surface area contributed by atoms with E-state index in [0.717, 1.165) is 22.7 Å². The van der Waals surface area contributed by atoms with Gasteiger partial charge >= 0.3 is 12.3 Å². The lowest BCUT2D eigenvalue weighted by Gasteiger charge is -2.17. The molecule has 192 valence electrons. The fraction of sp³-hybridized carbons (Fsp3) is 0.250. The van der Waals surface area contributed by atoms with E-state index in [1.165, 1.54) is 27.9 Å². The Morgan fingerprint density at radius 1 is 1.11 bits per heavy atom. The molecule has 0 saturated carbocycles. The second kappa shape index (κ2) is 9.75. The normalized spacial score (nSPS) is 17.5. The standard InChI is InChI=1S/C24H18ClF3N4O4S/c25-17-3-2-15(18(11-17)24(26,27)28)13-32-19-4-1-14(9-16(19)12-29-32)10-20-21(33)31(23(35)37-20)6-5-30-7-8-36-22(30)34/h1-4,9-12H,5-8,13H2/b20-10-. The Kier molecular flexibility index (Phi) is 6.63. The number of nitrogens with zero attached hydrogens (tertiary/aromatic N) is 4. The van der Waals surface area contributed by atoms with Gasteiger partial charge in [-0.05, 0) is 53.2 Å². The molecule has 1 aromatic heterocycles. The number of ether oxygens (including phenoxy) is 1. The summed E-state index contributed by atoms with van der Waals surface area (Å²) >= 11 is 6.57. The minimum atomic E-state index is -4.56. The second-order valence-electron chi connectivity index (χ2n) is 8.35. The molecular weight excluding hydrogens is 533 g/mol. The van der Waals surface area contributed by atoms with Crippen LogP contribution < -0.4 is 0 Å². The van der Waals surface area contributed by atoms with Crippen LogP contribution in [0.1, 0.15) is 16.7 Å². The minimum absolute atomic E-state index is 0.00555. The molecule has 13 heteroatoms. The van der Waals surface area contributed by atoms with Crippen molar-refractivity contribution in [2.75, 3.05) is 26.2 Å². The van der Waals surface area contributed by atoms with Crippen LogP contribution in [0.2, 0.25) is 5.02 Å². The average molecular weight is 551 g/mol. The Labute approximate surface area is 217 Å². The highest BCUT2D eigenvalue weighted by atomic mass is 35.5. The van der Waals surface area contributed by atoms with E-state index >= 15 is 0 Å². The minimum Gasteiger partial charge on any atom is -0.448 e. The highest BCUT2D eigenvalue weighted by Crippen LogP contribution is 2.35. The predicted molar refractivity (Wildman–Crippen MR) is 131 cm³/mol. The monoisotopic (exact) mass is 550 g/mol. The molecule has 0 bridgehead atoms. The molecule has 8 nitrogen and oxygen atoms in total. The van der Waals surface area contributed by atoms with Gasteiger partial charge in [0.25, 0.3) is 11.1 Å². The number of aromatic nitrogens is 2. The average Bonchev–Trinajstić information content (AvgIpc) is 3.51. The molecule has 3 aromatic rings. The predicted octanol–water partition coefficient (Wildman–Crippen LogP) is 5.25. The molecule has 2 aromatic carbocycles. The largest absolute Gasteiger partial charge is 0.448 e. The second-order valence-corrected chi connectivity index (χ2v) is 9.78. The Morgan fingerprint density at radius 3 is 2.65 bits per heavy atom. The lowest BCUT2D eigenvalue weighted by atomic mass is 10.1. The Morgan fingerprint density at radius 2 is 1.92 bits per heavy atom. The first-order valence-corrected chi connectivity index (χ1v) is 12.3. The van der Waals surface area contributed by atoms with Crippen LogP contribution in [0.25, 0.3) is 17.0 Å². The van der Waals surface area contributed by atoms with Gasteiger partial charge < -0.3 is 9.64 Å². The van der Waals surface area contributed by atoms with Gasteiger partial charge in [0.05, 0.1) is 35.3 Å². The van der Waals surface area contributed by atoms with Crippen molar-refractivity contribution in [3.8, 4) is 0 Å². The number of rotatable bonds is 6. The number of cyclic esters (lactones) is 1. The number of imide groups is 1. The summed E-state index contributed by atoms with van der Waals surface area (Å²) in [5.41, 5.74) is 0.438. The number of alkyl halides is 3. The van der Waals surface area contributed by atoms with Gasteiger partial charge in [0.1, 0.15) is 6.61 Å². The van der Waals surface area contributed by atoms with Gasteiger partial charge in [-0.25, -0.2) is 4.79 Å². The maximum atomic E-state index is 13.5. The van der Waals surface area contributed by atoms with Crippen molar-refractivity contribution in [1.82, 2.24) is 19.6 Å². The summed E-state index contributed by atoms with van der Waals surface area (Å²) in [5.74, 6) is -0.458. The number of halogens is 4. The van der Waals surface area contributed by atoms with Crippen LogP contribution in [0, 0.1) is 0 Å². The van der Waals surface area contributed by atoms with E-state index in [0.29, 0.717) is 23.0 Å². The zero-order valence-electron chi connectivity index (χ0n) is 19.0. The fourth-order valence-corrected chi connectivity index (χ4v) is 5.16. The first-order valence-electron chi connectivity index (χ1n) is 11.1. The number of amides is 3. The summed E-state index contributed by atoms with van der Waals surface area (Å²) in [4.78, 5) is 39.5. The van der Waals surface area contributed by atoms with Crippen LogP contribution in [0.5, 0.6) is 0 Å². The number of hydrogen-bond donors (Lipinski definition) is 0. The van der Waals surface area contributed by atoms with E-state index < -0.39 is 29.0 Å². The van der Waals surface area contributed by atoms with E-state index in [1.807, 2.05) is 0 Å². The maximum Gasteiger partial charge on any atom is 0.416 e. The smallest absolute Gasteiger partial charge is 0.416 e. The highest BCUT2D eigenvalue weighted by molar-refractivity contribution is 8.18. The number of carbonyl (C=O) groups is 3. The Balaban J connectivity index is 1.33. The third kappa shape index (κ3) is 5.16. The summed E-state index contributed by atoms with van der Waals surface area (Å²) in [6.07, 6.45) is -1.93. The summed E-state index contributed by atoms with van der Waals surface area (Å²) in [6, 6.07) is 8.75. The van der Waals surface area contributed by atoms with Crippen molar-refractivity contribution >= 4 is 57.6 Å². The van der Waals surface area contributed by atoms with E-state index in [1.54, 1.807) is 24.3 Å². The van der Waals surface area contributed by atoms with Gasteiger partial charge in [-0.3, -0.25) is 19.2 Å². The van der Waals surface area contributed by atoms with Crippen LogP contribution in [-0.4, -0.2) is 63.1 Å². The van der Waals surface area contributed by atoms with E-state index in [9.17, 15) is 27.6 Å². The quantitative estimate of drug-likeness (QED) is 0.390. The molecule has 2 aliphatic rings. The molecule has 0 radical (unpaired) electrons. The number of fused-ring (bicyclic) bond motifs is 1. The van der Waals surface area contributed by atoms with Crippen LogP contribution in [0.15, 0.2) is 47.5 Å². The van der Waals surface area contributed by atoms with Gasteiger partial charge in [-0.15, -0.1) is 0 Å². The molecule has 3 amide bonds. The van der Waals surface area contributed by atoms with Gasteiger partial charge in [-0.1, -0.05) is 23.7 Å². The first kappa shape index (κ1) is 25.2. The van der Waals surface area contributed by atoms with Crippen LogP contribution in [0.3, 0.4) is 0 Å². The molecule has 0 atom stereocenters. The SMILES string of the molecule is O=C1OCCN1CCN1C(=O)S/C(=C\c2ccc3c(cnn3Cc3ccc(Cl)cc3C(F)(F)F)c2)C1=O. The molecular formula is C24H18ClF3N4O4S. The summed E-state index contributed by atoms with van der Waals surface area (Å²) < 4.78 is 46.7. The zero-order valence-corrected chi connectivity index (χ0v) is 20.6. The van der Waals surface area contributed by atoms with Gasteiger partial charge in [-0.2, -0.15) is 18.3 Å². The summed E-state index contributed by atoms with van der Waals surface area (Å²) in [5, 5.41) is 4.46. The van der Waals surface area contributed by atoms with Crippen LogP contribution >= 0.6 is 23.4 Å². The molecule has 3 heterocycles. The summed E-state index contributed by atoms with van der Waals surface area (Å²) in [6.45, 7) is 0.835. The topological polar surface area (TPSA) is 84.7 Å². The molecule has 37 heavy (non-hydrogen) atoms. The molecule has 5 rings (SSSR count). The molecule has 2 aliphatic heterocycles. The molecule has 2 saturated heterocycles. The molecule has 0 unspecified atom stereocenters. The molecule has 0 spiro atoms. The number of hydrogen-bond acceptors (Lipinski definition) is 6. The fourth-order valence-electron chi connectivity index (χ4n) is 4.13. The number of carbonyl (C=O) groups excluding carboxylic acids is 3. The van der Waals surface area contributed by atoms with Crippen molar-refractivity contribution in [2.24, 2.45) is 0 Å². The van der Waals surface area contributed by atoms with Gasteiger partial charge in [0.2, 0.25) is 0 Å². The van der Waals surface area contributed by atoms with Crippen molar-refractivity contribution in [1.29, 1.82) is 0 Å². The Hall–Kier alpha value is -3.51. The van der Waals surface area contributed by atoms with Gasteiger partial charge in [0.15, 0.2) is 0 Å². The summed E-state index contributed by atoms with van der Waals surface area (Å²) in [7, 11) is 0. The van der Waals surface area contributed by atoms with Crippen LogP contribution in [0.4, 0.5) is 22.8 Å². The third-order valence-corrected chi connectivity index (χ3v) is 7.12. The highest BCUT2D eigenvalue weighted by Gasteiger charge is 2.36. The van der Waals surface area contributed by atoms with Crippen molar-refractivity contribution in [2.45, 2.75) is 12.7 Å². The zero-order chi connectivity index (χ0) is 26.3. The lowest BCUT2D eigenvalue weighted by Crippen LogP contribution is -2.37. The first-order chi connectivity index (χ1) is 17.6. The third-order valence-electron chi connectivity index (χ3n) is 5.97. The van der Waals surface area contributed by atoms with Crippen molar-refractivity contribution < 1.29 is 32.3 Å². The Bertz CT molecular complexity index is 1460. The van der Waals surface area contributed by atoms with Gasteiger partial charge in [0, 0.05) is 23.5 Å². The molecule has 0 aliphatic carbocycles. The van der Waals surface area contributed by atoms with E-state index in [-0.39, 0.29) is 41.7 Å². The van der Waals surface area contributed by atoms with E-state index in [2.05, 4.69) is 5.10 Å².